The van der Waals surface area contributed by atoms with Crippen molar-refractivity contribution in [3.63, 3.8) is 0 Å². The van der Waals surface area contributed by atoms with Gasteiger partial charge in [-0.25, -0.2) is 0 Å². The Kier molecular flexibility index (Phi) is 5.81. The van der Waals surface area contributed by atoms with E-state index in [1.807, 2.05) is 24.3 Å². The van der Waals surface area contributed by atoms with Crippen LogP contribution in [0.1, 0.15) is 38.7 Å². The van der Waals surface area contributed by atoms with Gasteiger partial charge in [-0.05, 0) is 30.7 Å². The maximum Gasteiger partial charge on any atom is 0.287 e. The first-order valence-electron chi connectivity index (χ1n) is 6.24. The lowest BCUT2D eigenvalue weighted by atomic mass is 10.2. The SMILES string of the molecule is CCCCCN(C(C)=O)c1ccc(C=[N+]=[N-])cc1. The molecule has 18 heavy (non-hydrogen) atoms. The lowest BCUT2D eigenvalue weighted by molar-refractivity contribution is -0.116. The molecule has 0 aliphatic heterocycles. The number of carbonyl (C=O) groups is 1. The Morgan fingerprint density at radius 2 is 2.00 bits per heavy atom. The molecule has 1 aromatic rings. The lowest BCUT2D eigenvalue weighted by Gasteiger charge is -2.21. The average Bonchev–Trinajstić information content (AvgIpc) is 2.36. The fourth-order valence-corrected chi connectivity index (χ4v) is 1.80. The van der Waals surface area contributed by atoms with E-state index in [2.05, 4.69) is 11.7 Å². The highest BCUT2D eigenvalue weighted by Crippen LogP contribution is 2.16. The maximum absolute atomic E-state index is 11.6. The summed E-state index contributed by atoms with van der Waals surface area (Å²) < 4.78 is 0. The van der Waals surface area contributed by atoms with E-state index >= 15 is 0 Å². The summed E-state index contributed by atoms with van der Waals surface area (Å²) in [4.78, 5) is 16.4. The molecule has 1 aromatic carbocycles. The zero-order valence-electron chi connectivity index (χ0n) is 11.0. The lowest BCUT2D eigenvalue weighted by Crippen LogP contribution is -2.29. The number of hydrogen-bond donors (Lipinski definition) is 0. The first-order valence-corrected chi connectivity index (χ1v) is 6.24. The van der Waals surface area contributed by atoms with Gasteiger partial charge in [0.2, 0.25) is 5.91 Å². The van der Waals surface area contributed by atoms with E-state index in [-0.39, 0.29) is 5.91 Å². The van der Waals surface area contributed by atoms with Gasteiger partial charge in [-0.1, -0.05) is 19.8 Å². The molecule has 1 rings (SSSR count). The van der Waals surface area contributed by atoms with Crippen molar-refractivity contribution in [2.75, 3.05) is 11.4 Å². The smallest absolute Gasteiger partial charge is 0.287 e. The van der Waals surface area contributed by atoms with Gasteiger partial charge in [-0.15, -0.1) is 0 Å². The largest absolute Gasteiger partial charge is 0.361 e. The molecule has 0 aromatic heterocycles. The van der Waals surface area contributed by atoms with Crippen molar-refractivity contribution in [2.24, 2.45) is 0 Å². The molecule has 0 spiro atoms. The summed E-state index contributed by atoms with van der Waals surface area (Å²) >= 11 is 0. The normalized spacial score (nSPS) is 9.67. The summed E-state index contributed by atoms with van der Waals surface area (Å²) in [6.07, 6.45) is 4.63. The third kappa shape index (κ3) is 4.15. The molecule has 0 bridgehead atoms. The number of carbonyl (C=O) groups excluding carboxylic acids is 1. The first kappa shape index (κ1) is 14.1. The van der Waals surface area contributed by atoms with Crippen LogP contribution in [0, 0.1) is 0 Å². The second-order valence-electron chi connectivity index (χ2n) is 4.21. The van der Waals surface area contributed by atoms with Crippen LogP contribution in [-0.4, -0.2) is 23.5 Å². The van der Waals surface area contributed by atoms with Gasteiger partial charge in [-0.3, -0.25) is 4.79 Å². The molecule has 0 unspecified atom stereocenters. The molecular weight excluding hydrogens is 226 g/mol. The van der Waals surface area contributed by atoms with Gasteiger partial charge in [0, 0.05) is 19.2 Å². The summed E-state index contributed by atoms with van der Waals surface area (Å²) in [7, 11) is 0. The molecule has 0 aliphatic carbocycles. The maximum atomic E-state index is 11.6. The molecule has 0 radical (unpaired) electrons. The number of rotatable bonds is 6. The van der Waals surface area contributed by atoms with Gasteiger partial charge in [0.25, 0.3) is 6.21 Å². The molecular formula is C14H19N3O. The number of anilines is 1. The van der Waals surface area contributed by atoms with Crippen LogP contribution in [0.4, 0.5) is 5.69 Å². The van der Waals surface area contributed by atoms with Crippen LogP contribution < -0.4 is 4.90 Å². The van der Waals surface area contributed by atoms with Gasteiger partial charge in [-0.2, -0.15) is 4.79 Å². The van der Waals surface area contributed by atoms with Gasteiger partial charge in [0.1, 0.15) is 0 Å². The predicted octanol–water partition coefficient (Wildman–Crippen LogP) is 2.88. The summed E-state index contributed by atoms with van der Waals surface area (Å²) in [6.45, 7) is 4.47. The van der Waals surface area contributed by atoms with E-state index in [9.17, 15) is 4.79 Å². The highest BCUT2D eigenvalue weighted by atomic mass is 16.2. The average molecular weight is 245 g/mol. The highest BCUT2D eigenvalue weighted by molar-refractivity contribution is 5.91. The van der Waals surface area contributed by atoms with E-state index in [0.717, 1.165) is 37.1 Å². The van der Waals surface area contributed by atoms with Crippen LogP contribution in [0.15, 0.2) is 24.3 Å². The van der Waals surface area contributed by atoms with Crippen LogP contribution in [0.3, 0.4) is 0 Å². The second-order valence-corrected chi connectivity index (χ2v) is 4.21. The topological polar surface area (TPSA) is 56.7 Å². The number of nitrogens with zero attached hydrogens (tertiary/aromatic N) is 3. The molecule has 4 heteroatoms. The molecule has 0 saturated carbocycles. The quantitative estimate of drug-likeness (QED) is 0.329. The highest BCUT2D eigenvalue weighted by Gasteiger charge is 2.10. The minimum atomic E-state index is 0.0506. The molecule has 0 heterocycles. The number of unbranched alkanes of at least 4 members (excludes halogenated alkanes) is 2. The van der Waals surface area contributed by atoms with Crippen molar-refractivity contribution in [1.82, 2.24) is 0 Å². The van der Waals surface area contributed by atoms with Crippen molar-refractivity contribution in [3.8, 4) is 0 Å². The minimum absolute atomic E-state index is 0.0506. The van der Waals surface area contributed by atoms with Crippen LogP contribution in [0.5, 0.6) is 0 Å². The van der Waals surface area contributed by atoms with Crippen molar-refractivity contribution in [3.05, 3.63) is 35.4 Å². The summed E-state index contributed by atoms with van der Waals surface area (Å²) in [5.41, 5.74) is 10.1. The third-order valence-corrected chi connectivity index (χ3v) is 2.78. The molecule has 0 fully saturated rings. The van der Waals surface area contributed by atoms with E-state index in [4.69, 9.17) is 5.53 Å². The minimum Gasteiger partial charge on any atom is -0.361 e. The number of amides is 1. The predicted molar refractivity (Wildman–Crippen MR) is 72.8 cm³/mol. The Balaban J connectivity index is 2.78. The summed E-state index contributed by atoms with van der Waals surface area (Å²) in [5.74, 6) is 0.0506. The summed E-state index contributed by atoms with van der Waals surface area (Å²) in [6, 6.07) is 7.38. The van der Waals surface area contributed by atoms with Crippen molar-refractivity contribution in [1.29, 1.82) is 0 Å². The Bertz CT molecular complexity index is 433. The molecule has 96 valence electrons. The number of benzene rings is 1. The zero-order valence-corrected chi connectivity index (χ0v) is 11.0. The molecule has 0 N–H and O–H groups in total. The van der Waals surface area contributed by atoms with E-state index in [1.54, 1.807) is 11.8 Å². The molecule has 1 amide bonds. The zero-order chi connectivity index (χ0) is 13.4. The second kappa shape index (κ2) is 7.41. The Hall–Kier alpha value is -1.93. The van der Waals surface area contributed by atoms with Crippen molar-refractivity contribution < 1.29 is 9.58 Å². The van der Waals surface area contributed by atoms with Gasteiger partial charge < -0.3 is 10.4 Å². The fraction of sp³-hybridized carbons (Fsp3) is 0.429. The third-order valence-electron chi connectivity index (χ3n) is 2.78. The Morgan fingerprint density at radius 3 is 2.50 bits per heavy atom. The standard InChI is InChI=1S/C14H19N3O/c1-3-4-5-10-17(12(2)18)14-8-6-13(7-9-14)11-16-15/h6-9,11H,3-5,10H2,1-2H3. The Morgan fingerprint density at radius 1 is 1.33 bits per heavy atom. The van der Waals surface area contributed by atoms with Crippen LogP contribution in [0.25, 0.3) is 5.53 Å². The molecule has 0 saturated heterocycles. The van der Waals surface area contributed by atoms with E-state index in [0.29, 0.717) is 0 Å². The fourth-order valence-electron chi connectivity index (χ4n) is 1.80. The van der Waals surface area contributed by atoms with E-state index < -0.39 is 0 Å². The van der Waals surface area contributed by atoms with Crippen LogP contribution in [0.2, 0.25) is 0 Å². The first-order chi connectivity index (χ1) is 8.69. The summed E-state index contributed by atoms with van der Waals surface area (Å²) in [5, 5.41) is 0. The monoisotopic (exact) mass is 245 g/mol. The van der Waals surface area contributed by atoms with Crippen LogP contribution in [-0.2, 0) is 4.79 Å². The Labute approximate surface area is 108 Å². The van der Waals surface area contributed by atoms with E-state index in [1.165, 1.54) is 6.21 Å². The van der Waals surface area contributed by atoms with Crippen LogP contribution >= 0.6 is 0 Å². The molecule has 0 aliphatic rings. The van der Waals surface area contributed by atoms with Crippen molar-refractivity contribution >= 4 is 17.8 Å². The van der Waals surface area contributed by atoms with Gasteiger partial charge in [0.05, 0.1) is 5.56 Å². The van der Waals surface area contributed by atoms with Crippen molar-refractivity contribution in [2.45, 2.75) is 33.1 Å². The molecule has 4 nitrogen and oxygen atoms in total. The van der Waals surface area contributed by atoms with Gasteiger partial charge >= 0.3 is 0 Å². The van der Waals surface area contributed by atoms with Gasteiger partial charge in [0.15, 0.2) is 0 Å². The molecule has 0 atom stereocenters. The number of hydrogen-bond acceptors (Lipinski definition) is 1.